The van der Waals surface area contributed by atoms with E-state index in [9.17, 15) is 9.59 Å². The number of amides is 2. The van der Waals surface area contributed by atoms with E-state index in [1.165, 1.54) is 16.7 Å². The van der Waals surface area contributed by atoms with Gasteiger partial charge in [0.15, 0.2) is 0 Å². The molecule has 2 N–H and O–H groups in total. The predicted molar refractivity (Wildman–Crippen MR) is 112 cm³/mol. The molecule has 0 spiro atoms. The molecule has 1 aliphatic heterocycles. The largest absolute Gasteiger partial charge is 0.480 e. The Bertz CT molecular complexity index is 694. The number of nitrogens with zero attached hydrogens (tertiary/aromatic N) is 2. The highest BCUT2D eigenvalue weighted by atomic mass is 16.4. The highest BCUT2D eigenvalue weighted by molar-refractivity contribution is 5.74. The molecule has 1 aromatic rings. The van der Waals surface area contributed by atoms with Crippen molar-refractivity contribution >= 4 is 12.0 Å². The molecule has 6 nitrogen and oxygen atoms in total. The van der Waals surface area contributed by atoms with Gasteiger partial charge in [0.2, 0.25) is 0 Å². The van der Waals surface area contributed by atoms with E-state index < -0.39 is 5.97 Å². The molecule has 1 aromatic carbocycles. The van der Waals surface area contributed by atoms with E-state index in [2.05, 4.69) is 51.2 Å². The van der Waals surface area contributed by atoms with Gasteiger partial charge in [0, 0.05) is 31.1 Å². The van der Waals surface area contributed by atoms with Gasteiger partial charge in [0.1, 0.15) is 0 Å². The average molecular weight is 390 g/mol. The Morgan fingerprint density at radius 2 is 1.89 bits per heavy atom. The van der Waals surface area contributed by atoms with Crippen LogP contribution in [0, 0.1) is 13.8 Å². The summed E-state index contributed by atoms with van der Waals surface area (Å²) in [5.41, 5.74) is 3.60. The zero-order valence-electron chi connectivity index (χ0n) is 17.9. The number of carbonyl (C=O) groups is 2. The number of nitrogens with one attached hydrogen (secondary N) is 1. The van der Waals surface area contributed by atoms with Crippen molar-refractivity contribution < 1.29 is 14.7 Å². The van der Waals surface area contributed by atoms with E-state index in [4.69, 9.17) is 5.11 Å². The zero-order chi connectivity index (χ0) is 20.9. The van der Waals surface area contributed by atoms with E-state index in [0.29, 0.717) is 26.2 Å². The molecule has 0 aromatic heterocycles. The highest BCUT2D eigenvalue weighted by Crippen LogP contribution is 2.26. The Labute approximate surface area is 168 Å². The number of benzene rings is 1. The van der Waals surface area contributed by atoms with E-state index in [0.717, 1.165) is 12.8 Å². The minimum atomic E-state index is -0.796. The Kier molecular flexibility index (Phi) is 7.47. The van der Waals surface area contributed by atoms with Gasteiger partial charge in [-0.2, -0.15) is 0 Å². The molecular formula is C22H35N3O3. The second-order valence-electron chi connectivity index (χ2n) is 8.54. The lowest BCUT2D eigenvalue weighted by molar-refractivity contribution is -0.139. The van der Waals surface area contributed by atoms with E-state index in [1.807, 2.05) is 16.7 Å². The van der Waals surface area contributed by atoms with Crippen LogP contribution >= 0.6 is 0 Å². The molecule has 0 radical (unpaired) electrons. The molecule has 6 heteroatoms. The molecule has 1 heterocycles. The van der Waals surface area contributed by atoms with Crippen molar-refractivity contribution in [1.82, 2.24) is 15.1 Å². The minimum Gasteiger partial charge on any atom is -0.480 e. The number of likely N-dealkylation sites (tertiary alicyclic amines) is 1. The fourth-order valence-corrected chi connectivity index (χ4v) is 4.18. The Morgan fingerprint density at radius 3 is 2.43 bits per heavy atom. The fraction of sp³-hybridized carbons (Fsp3) is 0.636. The van der Waals surface area contributed by atoms with Crippen LogP contribution in [0.1, 0.15) is 50.3 Å². The van der Waals surface area contributed by atoms with Gasteiger partial charge in [-0.1, -0.05) is 44.5 Å². The lowest BCUT2D eigenvalue weighted by atomic mass is 9.81. The van der Waals surface area contributed by atoms with E-state index in [1.54, 1.807) is 0 Å². The second-order valence-corrected chi connectivity index (χ2v) is 8.54. The first kappa shape index (κ1) is 22.2. The molecule has 0 saturated carbocycles. The van der Waals surface area contributed by atoms with Gasteiger partial charge in [-0.05, 0) is 44.4 Å². The number of likely N-dealkylation sites (N-methyl/N-ethyl adjacent to an activating group) is 1. The molecule has 0 aliphatic carbocycles. The number of piperidine rings is 1. The van der Waals surface area contributed by atoms with E-state index in [-0.39, 0.29) is 24.0 Å². The monoisotopic (exact) mass is 389 g/mol. The van der Waals surface area contributed by atoms with Gasteiger partial charge < -0.3 is 15.3 Å². The van der Waals surface area contributed by atoms with Crippen LogP contribution in [0.5, 0.6) is 0 Å². The third kappa shape index (κ3) is 5.71. The SMILES string of the molecule is CCN(CC(=O)O)C1CCN(C(=O)NCC(C)(C)c2ccc(C)cc2C)CC1. The number of urea groups is 1. The number of rotatable bonds is 7. The van der Waals surface area contributed by atoms with Crippen molar-refractivity contribution in [3.8, 4) is 0 Å². The maximum absolute atomic E-state index is 12.6. The third-order valence-electron chi connectivity index (χ3n) is 5.81. The molecule has 2 amide bonds. The Balaban J connectivity index is 1.88. The van der Waals surface area contributed by atoms with Crippen molar-refractivity contribution in [2.24, 2.45) is 0 Å². The van der Waals surface area contributed by atoms with Gasteiger partial charge in [-0.3, -0.25) is 9.69 Å². The summed E-state index contributed by atoms with van der Waals surface area (Å²) in [6, 6.07) is 6.66. The van der Waals surface area contributed by atoms with Crippen molar-refractivity contribution in [2.75, 3.05) is 32.7 Å². The lowest BCUT2D eigenvalue weighted by Gasteiger charge is -2.38. The second kappa shape index (κ2) is 9.41. The van der Waals surface area contributed by atoms with Crippen LogP contribution in [-0.2, 0) is 10.2 Å². The molecular weight excluding hydrogens is 354 g/mol. The molecule has 2 rings (SSSR count). The molecule has 0 atom stereocenters. The third-order valence-corrected chi connectivity index (χ3v) is 5.81. The Morgan fingerprint density at radius 1 is 1.25 bits per heavy atom. The quantitative estimate of drug-likeness (QED) is 0.751. The van der Waals surface area contributed by atoms with Crippen molar-refractivity contribution in [3.63, 3.8) is 0 Å². The number of hydrogen-bond acceptors (Lipinski definition) is 3. The minimum absolute atomic E-state index is 0.0300. The highest BCUT2D eigenvalue weighted by Gasteiger charge is 2.29. The molecule has 1 fully saturated rings. The van der Waals surface area contributed by atoms with Crippen LogP contribution in [0.2, 0.25) is 0 Å². The van der Waals surface area contributed by atoms with Crippen LogP contribution in [0.3, 0.4) is 0 Å². The average Bonchev–Trinajstić information content (AvgIpc) is 2.64. The van der Waals surface area contributed by atoms with Crippen LogP contribution in [0.4, 0.5) is 4.79 Å². The summed E-state index contributed by atoms with van der Waals surface area (Å²) in [7, 11) is 0. The van der Waals surface area contributed by atoms with Crippen LogP contribution in [0.25, 0.3) is 0 Å². The molecule has 156 valence electrons. The smallest absolute Gasteiger partial charge is 0.317 e. The molecule has 1 aliphatic rings. The van der Waals surface area contributed by atoms with Crippen LogP contribution in [-0.4, -0.2) is 65.7 Å². The molecule has 0 unspecified atom stereocenters. The topological polar surface area (TPSA) is 72.9 Å². The molecule has 1 saturated heterocycles. The predicted octanol–water partition coefficient (Wildman–Crippen LogP) is 3.16. The van der Waals surface area contributed by atoms with Gasteiger partial charge in [0.05, 0.1) is 6.54 Å². The van der Waals surface area contributed by atoms with Crippen molar-refractivity contribution in [2.45, 2.75) is 58.9 Å². The molecule has 0 bridgehead atoms. The lowest BCUT2D eigenvalue weighted by Crippen LogP contribution is -2.51. The number of carboxylic acids is 1. The Hall–Kier alpha value is -2.08. The summed E-state index contributed by atoms with van der Waals surface area (Å²) in [6.45, 7) is 13.2. The maximum Gasteiger partial charge on any atom is 0.317 e. The number of aryl methyl sites for hydroxylation is 2. The maximum atomic E-state index is 12.6. The summed E-state index contributed by atoms with van der Waals surface area (Å²) in [5.74, 6) is -0.796. The molecule has 28 heavy (non-hydrogen) atoms. The summed E-state index contributed by atoms with van der Waals surface area (Å²) in [5, 5.41) is 12.1. The summed E-state index contributed by atoms with van der Waals surface area (Å²) in [4.78, 5) is 27.5. The first-order valence-corrected chi connectivity index (χ1v) is 10.2. The standard InChI is InChI=1S/C22H35N3O3/c1-6-24(14-20(26)27)18-9-11-25(12-10-18)21(28)23-15-22(4,5)19-8-7-16(2)13-17(19)3/h7-8,13,18H,6,9-12,14-15H2,1-5H3,(H,23,28)(H,26,27). The van der Waals surface area contributed by atoms with E-state index >= 15 is 0 Å². The van der Waals surface area contributed by atoms with Crippen molar-refractivity contribution in [1.29, 1.82) is 0 Å². The van der Waals surface area contributed by atoms with Crippen molar-refractivity contribution in [3.05, 3.63) is 34.9 Å². The fourth-order valence-electron chi connectivity index (χ4n) is 4.18. The summed E-state index contributed by atoms with van der Waals surface area (Å²) in [6.07, 6.45) is 1.63. The summed E-state index contributed by atoms with van der Waals surface area (Å²) >= 11 is 0. The normalized spacial score (nSPS) is 15.7. The number of hydrogen-bond donors (Lipinski definition) is 2. The number of carboxylic acid groups (broad SMARTS) is 1. The van der Waals surface area contributed by atoms with Gasteiger partial charge in [-0.15, -0.1) is 0 Å². The first-order valence-electron chi connectivity index (χ1n) is 10.2. The first-order chi connectivity index (χ1) is 13.1. The van der Waals surface area contributed by atoms with Gasteiger partial charge in [0.25, 0.3) is 0 Å². The van der Waals surface area contributed by atoms with Gasteiger partial charge >= 0.3 is 12.0 Å². The zero-order valence-corrected chi connectivity index (χ0v) is 17.9. The van der Waals surface area contributed by atoms with Crippen LogP contribution in [0.15, 0.2) is 18.2 Å². The number of aliphatic carboxylic acids is 1. The number of carbonyl (C=O) groups excluding carboxylic acids is 1. The van der Waals surface area contributed by atoms with Gasteiger partial charge in [-0.25, -0.2) is 4.79 Å². The van der Waals surface area contributed by atoms with Crippen LogP contribution < -0.4 is 5.32 Å². The summed E-state index contributed by atoms with van der Waals surface area (Å²) < 4.78 is 0.